The summed E-state index contributed by atoms with van der Waals surface area (Å²) < 4.78 is 19.0. The standard InChI is InChI=1S/C20H17FN4OS/c1-3-9-26-18-11-15(21)7-8-17(18)19-22-13-23-20(25-19)24-16-6-4-5-14(10-16)12-27-2/h1,4-8,10-11,13H,9,12H2,2H3,(H,22,23,24,25). The predicted octanol–water partition coefficient (Wildman–Crippen LogP) is 4.30. The molecule has 27 heavy (non-hydrogen) atoms. The first-order valence-electron chi connectivity index (χ1n) is 8.09. The van der Waals surface area contributed by atoms with E-state index in [1.807, 2.05) is 18.2 Å². The predicted molar refractivity (Wildman–Crippen MR) is 106 cm³/mol. The van der Waals surface area contributed by atoms with Crippen LogP contribution < -0.4 is 10.1 Å². The van der Waals surface area contributed by atoms with Gasteiger partial charge in [-0.3, -0.25) is 0 Å². The number of hydrogen-bond donors (Lipinski definition) is 1. The lowest BCUT2D eigenvalue weighted by Crippen LogP contribution is -2.02. The molecule has 2 aromatic carbocycles. The molecule has 5 nitrogen and oxygen atoms in total. The van der Waals surface area contributed by atoms with Crippen molar-refractivity contribution in [2.75, 3.05) is 18.2 Å². The lowest BCUT2D eigenvalue weighted by molar-refractivity contribution is 0.369. The summed E-state index contributed by atoms with van der Waals surface area (Å²) in [6, 6.07) is 12.2. The maximum atomic E-state index is 13.6. The number of hydrogen-bond acceptors (Lipinski definition) is 6. The molecule has 1 heterocycles. The fourth-order valence-electron chi connectivity index (χ4n) is 2.44. The fraction of sp³-hybridized carbons (Fsp3) is 0.150. The Morgan fingerprint density at radius 1 is 1.22 bits per heavy atom. The molecule has 136 valence electrons. The third-order valence-electron chi connectivity index (χ3n) is 3.56. The monoisotopic (exact) mass is 380 g/mol. The highest BCUT2D eigenvalue weighted by molar-refractivity contribution is 7.97. The van der Waals surface area contributed by atoms with Crippen molar-refractivity contribution in [2.45, 2.75) is 5.75 Å². The van der Waals surface area contributed by atoms with Crippen molar-refractivity contribution in [3.8, 4) is 29.5 Å². The number of halogens is 1. The van der Waals surface area contributed by atoms with Gasteiger partial charge in [-0.25, -0.2) is 14.4 Å². The maximum Gasteiger partial charge on any atom is 0.230 e. The molecule has 0 saturated carbocycles. The van der Waals surface area contributed by atoms with Gasteiger partial charge in [0.15, 0.2) is 5.82 Å². The molecule has 0 spiro atoms. The van der Waals surface area contributed by atoms with Gasteiger partial charge in [0.2, 0.25) is 5.95 Å². The van der Waals surface area contributed by atoms with Crippen LogP contribution in [0.15, 0.2) is 48.8 Å². The quantitative estimate of drug-likeness (QED) is 0.617. The molecule has 0 aliphatic heterocycles. The van der Waals surface area contributed by atoms with Crippen molar-refractivity contribution >= 4 is 23.4 Å². The number of benzene rings is 2. The normalized spacial score (nSPS) is 10.3. The Balaban J connectivity index is 1.88. The van der Waals surface area contributed by atoms with Crippen LogP contribution in [-0.4, -0.2) is 27.8 Å². The maximum absolute atomic E-state index is 13.6. The van der Waals surface area contributed by atoms with E-state index in [2.05, 4.69) is 38.5 Å². The molecule has 0 fully saturated rings. The third kappa shape index (κ3) is 4.96. The molecule has 0 radical (unpaired) electrons. The summed E-state index contributed by atoms with van der Waals surface area (Å²) in [4.78, 5) is 12.8. The van der Waals surface area contributed by atoms with Crippen LogP contribution in [0.3, 0.4) is 0 Å². The van der Waals surface area contributed by atoms with Gasteiger partial charge in [0.05, 0.1) is 5.56 Å². The minimum Gasteiger partial charge on any atom is -0.480 e. The highest BCUT2D eigenvalue weighted by Crippen LogP contribution is 2.29. The van der Waals surface area contributed by atoms with E-state index in [0.717, 1.165) is 11.4 Å². The molecular weight excluding hydrogens is 363 g/mol. The average Bonchev–Trinajstić information content (AvgIpc) is 2.67. The summed E-state index contributed by atoms with van der Waals surface area (Å²) in [5.41, 5.74) is 2.61. The summed E-state index contributed by atoms with van der Waals surface area (Å²) >= 11 is 1.75. The number of aromatic nitrogens is 3. The van der Waals surface area contributed by atoms with Crippen molar-refractivity contribution in [1.82, 2.24) is 15.0 Å². The van der Waals surface area contributed by atoms with E-state index in [-0.39, 0.29) is 12.4 Å². The summed E-state index contributed by atoms with van der Waals surface area (Å²) in [5.74, 6) is 3.88. The molecule has 0 saturated heterocycles. The van der Waals surface area contributed by atoms with Crippen LogP contribution in [0.4, 0.5) is 16.0 Å². The molecule has 0 aliphatic carbocycles. The highest BCUT2D eigenvalue weighted by atomic mass is 32.2. The zero-order chi connectivity index (χ0) is 19.1. The molecule has 3 rings (SSSR count). The van der Waals surface area contributed by atoms with E-state index in [0.29, 0.717) is 17.3 Å². The van der Waals surface area contributed by atoms with Crippen molar-refractivity contribution in [2.24, 2.45) is 0 Å². The van der Waals surface area contributed by atoms with Gasteiger partial charge in [0.1, 0.15) is 24.5 Å². The first-order chi connectivity index (χ1) is 13.2. The van der Waals surface area contributed by atoms with Gasteiger partial charge in [-0.15, -0.1) is 6.42 Å². The highest BCUT2D eigenvalue weighted by Gasteiger charge is 2.12. The summed E-state index contributed by atoms with van der Waals surface area (Å²) in [5, 5.41) is 3.17. The van der Waals surface area contributed by atoms with E-state index < -0.39 is 5.82 Å². The number of thioether (sulfide) groups is 1. The van der Waals surface area contributed by atoms with Crippen LogP contribution in [-0.2, 0) is 5.75 Å². The van der Waals surface area contributed by atoms with Crippen LogP contribution in [0.2, 0.25) is 0 Å². The minimum atomic E-state index is -0.427. The Morgan fingerprint density at radius 3 is 2.93 bits per heavy atom. The van der Waals surface area contributed by atoms with E-state index in [4.69, 9.17) is 11.2 Å². The number of terminal acetylenes is 1. The molecule has 1 N–H and O–H groups in total. The number of ether oxygens (including phenoxy) is 1. The lowest BCUT2D eigenvalue weighted by Gasteiger charge is -2.10. The number of nitrogens with one attached hydrogen (secondary N) is 1. The second kappa shape index (κ2) is 9.01. The summed E-state index contributed by atoms with van der Waals surface area (Å²) in [7, 11) is 0. The first kappa shape index (κ1) is 18.7. The molecule has 7 heteroatoms. The Bertz CT molecular complexity index is 974. The Kier molecular flexibility index (Phi) is 6.23. The Morgan fingerprint density at radius 2 is 2.11 bits per heavy atom. The van der Waals surface area contributed by atoms with Crippen LogP contribution >= 0.6 is 11.8 Å². The van der Waals surface area contributed by atoms with Crippen molar-refractivity contribution < 1.29 is 9.13 Å². The molecule has 0 amide bonds. The van der Waals surface area contributed by atoms with Gasteiger partial charge in [-0.2, -0.15) is 16.7 Å². The number of nitrogens with zero attached hydrogens (tertiary/aromatic N) is 3. The largest absolute Gasteiger partial charge is 0.480 e. The smallest absolute Gasteiger partial charge is 0.230 e. The van der Waals surface area contributed by atoms with Crippen molar-refractivity contribution in [3.63, 3.8) is 0 Å². The SMILES string of the molecule is C#CCOc1cc(F)ccc1-c1ncnc(Nc2cccc(CSC)c2)n1. The molecule has 0 unspecified atom stereocenters. The van der Waals surface area contributed by atoms with Gasteiger partial charge in [0, 0.05) is 17.5 Å². The molecular formula is C20H17FN4OS. The minimum absolute atomic E-state index is 0.0227. The first-order valence-corrected chi connectivity index (χ1v) is 9.49. The zero-order valence-electron chi connectivity index (χ0n) is 14.6. The van der Waals surface area contributed by atoms with Crippen LogP contribution in [0.5, 0.6) is 5.75 Å². The van der Waals surface area contributed by atoms with Gasteiger partial charge in [-0.1, -0.05) is 18.1 Å². The van der Waals surface area contributed by atoms with Gasteiger partial charge in [-0.05, 0) is 36.1 Å². The topological polar surface area (TPSA) is 59.9 Å². The molecule has 0 atom stereocenters. The van der Waals surface area contributed by atoms with E-state index in [9.17, 15) is 4.39 Å². The second-order valence-electron chi connectivity index (χ2n) is 5.52. The van der Waals surface area contributed by atoms with Crippen molar-refractivity contribution in [3.05, 3.63) is 60.2 Å². The summed E-state index contributed by atoms with van der Waals surface area (Å²) in [6.07, 6.45) is 8.68. The average molecular weight is 380 g/mol. The van der Waals surface area contributed by atoms with Gasteiger partial charge >= 0.3 is 0 Å². The fourth-order valence-corrected chi connectivity index (χ4v) is 2.95. The van der Waals surface area contributed by atoms with E-state index in [1.54, 1.807) is 17.8 Å². The van der Waals surface area contributed by atoms with Crippen molar-refractivity contribution in [1.29, 1.82) is 0 Å². The zero-order valence-corrected chi connectivity index (χ0v) is 15.5. The van der Waals surface area contributed by atoms with Gasteiger partial charge < -0.3 is 10.1 Å². The lowest BCUT2D eigenvalue weighted by atomic mass is 10.2. The Labute approximate surface area is 161 Å². The van der Waals surface area contributed by atoms with E-state index in [1.165, 1.54) is 24.0 Å². The molecule has 1 aromatic heterocycles. The molecule has 0 bridgehead atoms. The van der Waals surface area contributed by atoms with Gasteiger partial charge in [0.25, 0.3) is 0 Å². The van der Waals surface area contributed by atoms with Crippen LogP contribution in [0.1, 0.15) is 5.56 Å². The van der Waals surface area contributed by atoms with E-state index >= 15 is 0 Å². The third-order valence-corrected chi connectivity index (χ3v) is 4.18. The van der Waals surface area contributed by atoms with Crippen LogP contribution in [0, 0.1) is 18.2 Å². The number of anilines is 2. The second-order valence-corrected chi connectivity index (χ2v) is 6.39. The Hall–Kier alpha value is -3.11. The number of rotatable bonds is 7. The summed E-state index contributed by atoms with van der Waals surface area (Å²) in [6.45, 7) is 0.0227. The van der Waals surface area contributed by atoms with Crippen LogP contribution in [0.25, 0.3) is 11.4 Å². The molecule has 0 aliphatic rings. The molecule has 3 aromatic rings.